The average molecular weight is 1460 g/mol. The van der Waals surface area contributed by atoms with Crippen molar-refractivity contribution in [1.82, 2.24) is 34.7 Å². The quantitative estimate of drug-likeness (QED) is 0.158. The Kier molecular flexibility index (Phi) is 35.1. The molecular weight excluding hydrogens is 1330 g/mol. The molecule has 13 rings (SSSR count). The van der Waals surface area contributed by atoms with Crippen LogP contribution in [0.5, 0.6) is 0 Å². The van der Waals surface area contributed by atoms with E-state index in [9.17, 15) is 0 Å². The Balaban J connectivity index is 0.000000300. The smallest absolute Gasteiger partial charge is 0.199 e. The maximum Gasteiger partial charge on any atom is 0.199 e. The van der Waals surface area contributed by atoms with Gasteiger partial charge in [0.05, 0.1) is 60.4 Å². The number of amidine groups is 1. The van der Waals surface area contributed by atoms with E-state index in [-0.39, 0.29) is 48.9 Å². The van der Waals surface area contributed by atoms with Gasteiger partial charge in [-0.05, 0) is 86.9 Å². The van der Waals surface area contributed by atoms with Crippen molar-refractivity contribution in [3.05, 3.63) is 211 Å². The van der Waals surface area contributed by atoms with Gasteiger partial charge >= 0.3 is 0 Å². The molecule has 3 aliphatic rings. The van der Waals surface area contributed by atoms with E-state index in [1.165, 1.54) is 27.7 Å². The molecule has 0 spiro atoms. The van der Waals surface area contributed by atoms with Gasteiger partial charge in [-0.25, -0.2) is 29.9 Å². The molecule has 17 nitrogen and oxygen atoms in total. The molecule has 105 heavy (non-hydrogen) atoms. The van der Waals surface area contributed by atoms with Gasteiger partial charge in [-0.3, -0.25) is 19.7 Å². The molecule has 18 heteroatoms. The van der Waals surface area contributed by atoms with E-state index < -0.39 is 0 Å². The highest BCUT2D eigenvalue weighted by Crippen LogP contribution is 2.30. The molecule has 0 bridgehead atoms. The summed E-state index contributed by atoms with van der Waals surface area (Å²) in [5, 5.41) is 7.33. The predicted octanol–water partition coefficient (Wildman–Crippen LogP) is 24.6. The second-order valence-corrected chi connectivity index (χ2v) is 36.2. The molecule has 0 unspecified atom stereocenters. The monoisotopic (exact) mass is 1460 g/mol. The molecule has 2 aromatic carbocycles. The van der Waals surface area contributed by atoms with E-state index in [1.54, 1.807) is 67.4 Å². The fourth-order valence-corrected chi connectivity index (χ4v) is 9.39. The standard InChI is InChI=1S/C11H13N.C10H11NO.C8H13N.2C8H12O.2C7H12N2.3C7H11NO.C7H11NS/c1-8(2)11-7-9-5-3-4-6-10(9)12-11;1-7(2)10-11-8-5-3-4-6-9(8)12-10;3*1-8(2,3)7-5-4-6-9-7;1-7(2,3)6-8-4-5-9-6;1-7(2,3)9-6-4-5-8-9;4*1-7(2,3)6-8-4-5-9-6/h3-6,8H,7H2,1-2H3;3-7H,1-2H3;4-5H,6H2,1-3H3;2*4-6H,1-3H3;4H,5H2,1-3H3;4-6H,1-3H3;4*4-5H,1-3H3. The number of aromatic nitrogens is 7. The summed E-state index contributed by atoms with van der Waals surface area (Å²) in [6.07, 6.45) is 25.9. The van der Waals surface area contributed by atoms with Crippen molar-refractivity contribution in [2.24, 2.45) is 36.7 Å². The first-order valence-corrected chi connectivity index (χ1v) is 37.3. The zero-order valence-corrected chi connectivity index (χ0v) is 70.5. The molecular formula is C87H129N11O6S. The van der Waals surface area contributed by atoms with Crippen LogP contribution in [0.15, 0.2) is 211 Å². The molecule has 8 aromatic heterocycles. The highest BCUT2D eigenvalue weighted by Gasteiger charge is 2.23. The number of benzene rings is 2. The molecule has 0 N–H and O–H groups in total. The van der Waals surface area contributed by atoms with Crippen LogP contribution >= 0.6 is 11.3 Å². The summed E-state index contributed by atoms with van der Waals surface area (Å²) in [7, 11) is 0. The van der Waals surface area contributed by atoms with Gasteiger partial charge in [0.15, 0.2) is 29.1 Å². The van der Waals surface area contributed by atoms with Gasteiger partial charge < -0.3 is 26.5 Å². The first kappa shape index (κ1) is 90.6. The second-order valence-electron chi connectivity index (χ2n) is 35.3. The normalized spacial score (nSPS) is 13.2. The molecule has 0 amide bonds. The predicted molar refractivity (Wildman–Crippen MR) is 440 cm³/mol. The number of para-hydroxylation sites is 3. The number of oxazole rings is 4. The molecule has 0 saturated carbocycles. The summed E-state index contributed by atoms with van der Waals surface area (Å²) < 4.78 is 33.1. The van der Waals surface area contributed by atoms with Crippen LogP contribution in [0.25, 0.3) is 11.1 Å². The third-order valence-corrected chi connectivity index (χ3v) is 15.9. The SMILES string of the molecule is CC(C)(C)C1=NCC=C1.CC(C)(C)C1=NCC=N1.CC(C)(C)c1ccco1.CC(C)(C)c1ccco1.CC(C)(C)c1ncco1.CC(C)(C)c1ncco1.CC(C)(C)c1ncco1.CC(C)(C)c1nccs1.CC(C)(C)n1cccn1.CC(C)C1=Nc2ccccc2C1.CC(C)c1nc2ccccc2o1. The summed E-state index contributed by atoms with van der Waals surface area (Å²) >= 11 is 1.72. The van der Waals surface area contributed by atoms with Gasteiger partial charge in [0.1, 0.15) is 41.7 Å². The van der Waals surface area contributed by atoms with Crippen LogP contribution < -0.4 is 0 Å². The van der Waals surface area contributed by atoms with Gasteiger partial charge in [-0.15, -0.1) is 11.3 Å². The first-order chi connectivity index (χ1) is 48.5. The van der Waals surface area contributed by atoms with Crippen molar-refractivity contribution in [3.8, 4) is 0 Å². The fourth-order valence-electron chi connectivity index (χ4n) is 8.66. The lowest BCUT2D eigenvalue weighted by molar-refractivity contribution is 0.355. The summed E-state index contributed by atoms with van der Waals surface area (Å²) in [4.78, 5) is 37.8. The summed E-state index contributed by atoms with van der Waals surface area (Å²) in [6, 6.07) is 26.0. The topological polar surface area (TPSA) is 211 Å². The van der Waals surface area contributed by atoms with E-state index in [4.69, 9.17) is 26.5 Å². The number of fused-ring (bicyclic) bond motifs is 2. The van der Waals surface area contributed by atoms with Crippen LogP contribution in [0.1, 0.15) is 266 Å². The van der Waals surface area contributed by atoms with Crippen molar-refractivity contribution in [1.29, 1.82) is 0 Å². The number of thiazole rings is 1. The van der Waals surface area contributed by atoms with Gasteiger partial charge in [0, 0.05) is 97.3 Å². The Morgan fingerprint density at radius 3 is 1.22 bits per heavy atom. The van der Waals surface area contributed by atoms with Crippen molar-refractivity contribution in [3.63, 3.8) is 0 Å². The molecule has 0 radical (unpaired) electrons. The average Bonchev–Trinajstić information content (AvgIpc) is 1.69. The molecule has 0 saturated heterocycles. The number of rotatable bonds is 2. The van der Waals surface area contributed by atoms with Crippen molar-refractivity contribution in [2.75, 3.05) is 13.1 Å². The van der Waals surface area contributed by atoms with Crippen LogP contribution in [-0.4, -0.2) is 71.3 Å². The number of aliphatic imine (C=N–C) groups is 4. The summed E-state index contributed by atoms with van der Waals surface area (Å²) in [5.41, 5.74) is 8.09. The molecule has 0 atom stereocenters. The van der Waals surface area contributed by atoms with Gasteiger partial charge in [0.25, 0.3) is 0 Å². The lowest BCUT2D eigenvalue weighted by Gasteiger charge is -2.18. The lowest BCUT2D eigenvalue weighted by Crippen LogP contribution is -2.21. The van der Waals surface area contributed by atoms with Gasteiger partial charge in [-0.2, -0.15) is 5.10 Å². The number of furan rings is 2. The zero-order valence-electron chi connectivity index (χ0n) is 69.7. The fraction of sp³-hybridized carbons (Fsp3) is 0.517. The number of hydrogen-bond donors (Lipinski definition) is 0. The molecule has 0 aliphatic carbocycles. The van der Waals surface area contributed by atoms with Crippen molar-refractivity contribution >= 4 is 51.6 Å². The highest BCUT2D eigenvalue weighted by atomic mass is 32.1. The Labute approximate surface area is 634 Å². The van der Waals surface area contributed by atoms with Crippen LogP contribution in [0.3, 0.4) is 0 Å². The minimum Gasteiger partial charge on any atom is -0.469 e. The highest BCUT2D eigenvalue weighted by molar-refractivity contribution is 7.09. The largest absolute Gasteiger partial charge is 0.469 e. The molecule has 10 aromatic rings. The molecule has 11 heterocycles. The minimum atomic E-state index is 0.0451. The van der Waals surface area contributed by atoms with Crippen molar-refractivity contribution < 1.29 is 26.5 Å². The maximum absolute atomic E-state index is 5.52. The van der Waals surface area contributed by atoms with E-state index in [0.29, 0.717) is 11.8 Å². The van der Waals surface area contributed by atoms with Crippen LogP contribution in [0.4, 0.5) is 5.69 Å². The van der Waals surface area contributed by atoms with Crippen LogP contribution in [0, 0.1) is 16.7 Å². The Morgan fingerprint density at radius 2 is 0.952 bits per heavy atom. The Bertz CT molecular complexity index is 3560. The third-order valence-electron chi connectivity index (χ3n) is 14.7. The maximum atomic E-state index is 5.52. The summed E-state index contributed by atoms with van der Waals surface area (Å²) in [6.45, 7) is 67.4. The zero-order chi connectivity index (χ0) is 79.3. The van der Waals surface area contributed by atoms with E-state index in [1.807, 2.05) is 89.3 Å². The van der Waals surface area contributed by atoms with Crippen LogP contribution in [0.2, 0.25) is 0 Å². The lowest BCUT2D eigenvalue weighted by atomic mass is 9.90. The second kappa shape index (κ2) is 40.7. The van der Waals surface area contributed by atoms with Gasteiger partial charge in [0.2, 0.25) is 0 Å². The Hall–Kier alpha value is -8.64. The van der Waals surface area contributed by atoms with Crippen molar-refractivity contribution in [2.45, 2.75) is 265 Å². The van der Waals surface area contributed by atoms with E-state index in [2.05, 4.69) is 295 Å². The van der Waals surface area contributed by atoms with E-state index in [0.717, 1.165) is 71.5 Å². The summed E-state index contributed by atoms with van der Waals surface area (Å²) in [5.74, 6) is 7.20. The third kappa shape index (κ3) is 34.9. The molecule has 0 fully saturated rings. The minimum absolute atomic E-state index is 0.0451. The molecule has 3 aliphatic heterocycles. The molecule has 574 valence electrons. The number of hydrogen-bond acceptors (Lipinski definition) is 17. The van der Waals surface area contributed by atoms with E-state index >= 15 is 0 Å². The number of allylic oxidation sites excluding steroid dienone is 1. The van der Waals surface area contributed by atoms with Gasteiger partial charge in [-0.1, -0.05) is 230 Å². The van der Waals surface area contributed by atoms with Crippen LogP contribution in [-0.2, 0) is 44.4 Å². The first-order valence-electron chi connectivity index (χ1n) is 36.5. The Morgan fingerprint density at radius 1 is 0.448 bits per heavy atom. The number of nitrogens with zero attached hydrogens (tertiary/aromatic N) is 11.